The minimum atomic E-state index is 0.0923. The molecule has 1 atom stereocenters. The molecule has 1 amide bonds. The SMILES string of the molecule is O=C(c1ccc2c(c1)CNCC2)N1CCC(Nc2ncc(Cl)cn2)C1. The van der Waals surface area contributed by atoms with Crippen LogP contribution in [0.5, 0.6) is 0 Å². The monoisotopic (exact) mass is 357 g/mol. The van der Waals surface area contributed by atoms with Crippen molar-refractivity contribution in [1.29, 1.82) is 0 Å². The molecule has 0 saturated carbocycles. The molecule has 1 aromatic carbocycles. The second-order valence-electron chi connectivity index (χ2n) is 6.52. The number of nitrogens with one attached hydrogen (secondary N) is 2. The molecule has 1 saturated heterocycles. The van der Waals surface area contributed by atoms with Crippen LogP contribution in [0.15, 0.2) is 30.6 Å². The van der Waals surface area contributed by atoms with Crippen molar-refractivity contribution in [3.05, 3.63) is 52.3 Å². The summed E-state index contributed by atoms with van der Waals surface area (Å²) in [5.41, 5.74) is 3.35. The molecule has 0 spiro atoms. The van der Waals surface area contributed by atoms with Crippen molar-refractivity contribution in [1.82, 2.24) is 20.2 Å². The average molecular weight is 358 g/mol. The second-order valence-corrected chi connectivity index (χ2v) is 6.95. The molecule has 6 nitrogen and oxygen atoms in total. The van der Waals surface area contributed by atoms with Gasteiger partial charge in [-0.1, -0.05) is 17.7 Å². The van der Waals surface area contributed by atoms with Gasteiger partial charge in [0, 0.05) is 31.2 Å². The smallest absolute Gasteiger partial charge is 0.253 e. The van der Waals surface area contributed by atoms with Gasteiger partial charge in [0.2, 0.25) is 5.95 Å². The van der Waals surface area contributed by atoms with Crippen LogP contribution in [0.4, 0.5) is 5.95 Å². The van der Waals surface area contributed by atoms with E-state index in [1.165, 1.54) is 11.1 Å². The van der Waals surface area contributed by atoms with Gasteiger partial charge in [0.25, 0.3) is 5.91 Å². The van der Waals surface area contributed by atoms with Crippen LogP contribution in [0, 0.1) is 0 Å². The first-order valence-electron chi connectivity index (χ1n) is 8.55. The third-order valence-corrected chi connectivity index (χ3v) is 4.96. The fraction of sp³-hybridized carbons (Fsp3) is 0.389. The average Bonchev–Trinajstić information content (AvgIpc) is 3.11. The van der Waals surface area contributed by atoms with Gasteiger partial charge in [-0.2, -0.15) is 0 Å². The Bertz CT molecular complexity index is 780. The van der Waals surface area contributed by atoms with Crippen LogP contribution in [-0.4, -0.2) is 46.5 Å². The molecule has 2 aliphatic heterocycles. The topological polar surface area (TPSA) is 70.2 Å². The van der Waals surface area contributed by atoms with Gasteiger partial charge in [0.1, 0.15) is 0 Å². The number of halogens is 1. The Morgan fingerprint density at radius 3 is 2.96 bits per heavy atom. The van der Waals surface area contributed by atoms with Crippen LogP contribution in [0.25, 0.3) is 0 Å². The van der Waals surface area contributed by atoms with E-state index in [4.69, 9.17) is 11.6 Å². The highest BCUT2D eigenvalue weighted by Gasteiger charge is 2.27. The number of hydrogen-bond donors (Lipinski definition) is 2. The molecule has 25 heavy (non-hydrogen) atoms. The summed E-state index contributed by atoms with van der Waals surface area (Å²) in [4.78, 5) is 23.0. The highest BCUT2D eigenvalue weighted by atomic mass is 35.5. The number of hydrogen-bond acceptors (Lipinski definition) is 5. The third kappa shape index (κ3) is 3.60. The van der Waals surface area contributed by atoms with E-state index in [1.807, 2.05) is 17.0 Å². The van der Waals surface area contributed by atoms with Crippen molar-refractivity contribution in [2.45, 2.75) is 25.4 Å². The fourth-order valence-electron chi connectivity index (χ4n) is 3.43. The third-order valence-electron chi connectivity index (χ3n) is 4.77. The van der Waals surface area contributed by atoms with E-state index in [1.54, 1.807) is 12.4 Å². The van der Waals surface area contributed by atoms with E-state index in [0.29, 0.717) is 17.5 Å². The van der Waals surface area contributed by atoms with Crippen molar-refractivity contribution in [2.75, 3.05) is 25.0 Å². The minimum Gasteiger partial charge on any atom is -0.350 e. The number of amides is 1. The quantitative estimate of drug-likeness (QED) is 0.880. The molecular weight excluding hydrogens is 338 g/mol. The molecular formula is C18H20ClN5O. The summed E-state index contributed by atoms with van der Waals surface area (Å²) in [6.45, 7) is 3.24. The summed E-state index contributed by atoms with van der Waals surface area (Å²) >= 11 is 5.80. The lowest BCUT2D eigenvalue weighted by Gasteiger charge is -2.20. The van der Waals surface area contributed by atoms with Gasteiger partial charge in [-0.15, -0.1) is 0 Å². The minimum absolute atomic E-state index is 0.0923. The lowest BCUT2D eigenvalue weighted by molar-refractivity contribution is 0.0791. The van der Waals surface area contributed by atoms with Crippen LogP contribution in [0.3, 0.4) is 0 Å². The largest absolute Gasteiger partial charge is 0.350 e. The zero-order chi connectivity index (χ0) is 17.2. The molecule has 7 heteroatoms. The maximum absolute atomic E-state index is 12.8. The lowest BCUT2D eigenvalue weighted by Crippen LogP contribution is -2.32. The van der Waals surface area contributed by atoms with Crippen LogP contribution in [-0.2, 0) is 13.0 Å². The number of nitrogens with zero attached hydrogens (tertiary/aromatic N) is 3. The van der Waals surface area contributed by atoms with Gasteiger partial charge >= 0.3 is 0 Å². The van der Waals surface area contributed by atoms with Gasteiger partial charge in [0.15, 0.2) is 0 Å². The van der Waals surface area contributed by atoms with Crippen molar-refractivity contribution in [3.8, 4) is 0 Å². The fourth-order valence-corrected chi connectivity index (χ4v) is 3.53. The standard InChI is InChI=1S/C18H20ClN5O/c19-15-9-21-18(22-10-15)23-16-4-6-24(11-16)17(25)13-2-1-12-3-5-20-8-14(12)7-13/h1-2,7,9-10,16,20H,3-6,8,11H2,(H,21,22,23). The highest BCUT2D eigenvalue weighted by Crippen LogP contribution is 2.20. The molecule has 0 aliphatic carbocycles. The van der Waals surface area contributed by atoms with Crippen LogP contribution in [0.2, 0.25) is 5.02 Å². The molecule has 2 aromatic rings. The molecule has 1 unspecified atom stereocenters. The van der Waals surface area contributed by atoms with Crippen molar-refractivity contribution in [3.63, 3.8) is 0 Å². The number of likely N-dealkylation sites (tertiary alicyclic amines) is 1. The van der Waals surface area contributed by atoms with E-state index < -0.39 is 0 Å². The van der Waals surface area contributed by atoms with Gasteiger partial charge in [-0.3, -0.25) is 4.79 Å². The molecule has 1 aromatic heterocycles. The number of aromatic nitrogens is 2. The Labute approximate surface area is 151 Å². The Morgan fingerprint density at radius 2 is 2.12 bits per heavy atom. The predicted octanol–water partition coefficient (Wildman–Crippen LogP) is 2.10. The lowest BCUT2D eigenvalue weighted by atomic mass is 9.98. The van der Waals surface area contributed by atoms with E-state index >= 15 is 0 Å². The van der Waals surface area contributed by atoms with E-state index in [9.17, 15) is 4.79 Å². The molecule has 130 valence electrons. The number of carbonyl (C=O) groups is 1. The van der Waals surface area contributed by atoms with E-state index in [2.05, 4.69) is 26.7 Å². The van der Waals surface area contributed by atoms with Crippen molar-refractivity contribution >= 4 is 23.5 Å². The first-order chi connectivity index (χ1) is 12.2. The maximum atomic E-state index is 12.8. The Kier molecular flexibility index (Phi) is 4.55. The number of carbonyl (C=O) groups excluding carboxylic acids is 1. The molecule has 0 bridgehead atoms. The predicted molar refractivity (Wildman–Crippen MR) is 96.8 cm³/mol. The Balaban J connectivity index is 1.41. The molecule has 4 rings (SSSR count). The first kappa shape index (κ1) is 16.3. The van der Waals surface area contributed by atoms with Crippen LogP contribution < -0.4 is 10.6 Å². The summed E-state index contributed by atoms with van der Waals surface area (Å²) in [6, 6.07) is 6.24. The zero-order valence-electron chi connectivity index (χ0n) is 13.8. The Hall–Kier alpha value is -2.18. The summed E-state index contributed by atoms with van der Waals surface area (Å²) < 4.78 is 0. The molecule has 2 N–H and O–H groups in total. The van der Waals surface area contributed by atoms with Gasteiger partial charge in [0.05, 0.1) is 17.4 Å². The van der Waals surface area contributed by atoms with Crippen molar-refractivity contribution < 1.29 is 4.79 Å². The maximum Gasteiger partial charge on any atom is 0.253 e. The summed E-state index contributed by atoms with van der Waals surface area (Å²) in [6.07, 6.45) is 5.04. The summed E-state index contributed by atoms with van der Waals surface area (Å²) in [5.74, 6) is 0.637. The van der Waals surface area contributed by atoms with Gasteiger partial charge in [-0.25, -0.2) is 9.97 Å². The molecule has 2 aliphatic rings. The van der Waals surface area contributed by atoms with E-state index in [0.717, 1.165) is 38.0 Å². The second kappa shape index (κ2) is 6.98. The Morgan fingerprint density at radius 1 is 1.28 bits per heavy atom. The number of anilines is 1. The number of rotatable bonds is 3. The molecule has 3 heterocycles. The normalized spacial score (nSPS) is 19.6. The van der Waals surface area contributed by atoms with Crippen LogP contribution in [0.1, 0.15) is 27.9 Å². The van der Waals surface area contributed by atoms with Crippen LogP contribution >= 0.6 is 11.6 Å². The molecule has 1 fully saturated rings. The highest BCUT2D eigenvalue weighted by molar-refractivity contribution is 6.30. The number of benzene rings is 1. The van der Waals surface area contributed by atoms with E-state index in [-0.39, 0.29) is 11.9 Å². The van der Waals surface area contributed by atoms with Crippen molar-refractivity contribution in [2.24, 2.45) is 0 Å². The zero-order valence-corrected chi connectivity index (χ0v) is 14.6. The summed E-state index contributed by atoms with van der Waals surface area (Å²) in [7, 11) is 0. The molecule has 0 radical (unpaired) electrons. The first-order valence-corrected chi connectivity index (χ1v) is 8.93. The summed E-state index contributed by atoms with van der Waals surface area (Å²) in [5, 5.41) is 7.14. The van der Waals surface area contributed by atoms with Gasteiger partial charge in [-0.05, 0) is 42.6 Å². The number of fused-ring (bicyclic) bond motifs is 1. The van der Waals surface area contributed by atoms with Gasteiger partial charge < -0.3 is 15.5 Å².